The van der Waals surface area contributed by atoms with Crippen LogP contribution >= 0.6 is 11.6 Å². The molecule has 0 aliphatic carbocycles. The van der Waals surface area contributed by atoms with Crippen LogP contribution in [0, 0.1) is 11.6 Å². The van der Waals surface area contributed by atoms with Gasteiger partial charge in [0.25, 0.3) is 0 Å². The number of rotatable bonds is 4. The quantitative estimate of drug-likeness (QED) is 0.559. The highest BCUT2D eigenvalue weighted by Crippen LogP contribution is 2.36. The number of aromatic nitrogens is 1. The van der Waals surface area contributed by atoms with Gasteiger partial charge in [0.1, 0.15) is 23.1 Å². The first-order valence-electron chi connectivity index (χ1n) is 7.01. The summed E-state index contributed by atoms with van der Waals surface area (Å²) in [6.45, 7) is 1.34. The van der Waals surface area contributed by atoms with Crippen LogP contribution in [0.1, 0.15) is 12.5 Å². The predicted octanol–water partition coefficient (Wildman–Crippen LogP) is 4.64. The third-order valence-corrected chi connectivity index (χ3v) is 3.58. The average molecular weight is 396 g/mol. The van der Waals surface area contributed by atoms with E-state index < -0.39 is 46.7 Å². The van der Waals surface area contributed by atoms with Crippen molar-refractivity contribution in [2.24, 2.45) is 0 Å². The minimum absolute atomic E-state index is 0.193. The summed E-state index contributed by atoms with van der Waals surface area (Å²) in [6.07, 6.45) is -5.53. The molecule has 0 aliphatic rings. The van der Waals surface area contributed by atoms with Gasteiger partial charge in [0.15, 0.2) is 6.10 Å². The van der Waals surface area contributed by atoms with Crippen molar-refractivity contribution in [2.75, 3.05) is 7.11 Å². The summed E-state index contributed by atoms with van der Waals surface area (Å²) in [7, 11) is 1.13. The second-order valence-electron chi connectivity index (χ2n) is 5.10. The lowest BCUT2D eigenvalue weighted by Crippen LogP contribution is -2.25. The van der Waals surface area contributed by atoms with Gasteiger partial charge in [0.05, 0.1) is 17.7 Å². The Hall–Kier alpha value is -2.42. The molecule has 2 aromatic rings. The summed E-state index contributed by atoms with van der Waals surface area (Å²) in [5.74, 6) is -3.35. The maximum atomic E-state index is 14.1. The summed E-state index contributed by atoms with van der Waals surface area (Å²) in [5, 5.41) is -0.227. The molecule has 2 rings (SSSR count). The number of halogens is 6. The van der Waals surface area contributed by atoms with E-state index in [9.17, 15) is 26.7 Å². The number of carbonyl (C=O) groups is 1. The number of ether oxygens (including phenoxy) is 2. The van der Waals surface area contributed by atoms with E-state index in [-0.39, 0.29) is 16.8 Å². The second kappa shape index (κ2) is 7.45. The Labute approximate surface area is 149 Å². The Morgan fingerprint density at radius 2 is 1.85 bits per heavy atom. The fourth-order valence-corrected chi connectivity index (χ4v) is 2.19. The molecule has 1 aromatic heterocycles. The van der Waals surface area contributed by atoms with Crippen molar-refractivity contribution in [1.82, 2.24) is 4.98 Å². The zero-order valence-electron chi connectivity index (χ0n) is 13.3. The number of methoxy groups -OCH3 is 1. The molecule has 0 amide bonds. The van der Waals surface area contributed by atoms with Crippen LogP contribution in [0.2, 0.25) is 5.02 Å². The van der Waals surface area contributed by atoms with E-state index in [0.717, 1.165) is 19.2 Å². The number of pyridine rings is 1. The van der Waals surface area contributed by atoms with Gasteiger partial charge in [-0.25, -0.2) is 13.6 Å². The molecule has 0 fully saturated rings. The smallest absolute Gasteiger partial charge is 0.417 e. The number of carbonyl (C=O) groups excluding carboxylic acids is 1. The lowest BCUT2D eigenvalue weighted by molar-refractivity contribution is -0.147. The highest BCUT2D eigenvalue weighted by molar-refractivity contribution is 6.32. The van der Waals surface area contributed by atoms with Crippen molar-refractivity contribution in [3.63, 3.8) is 0 Å². The standard InChI is InChI=1S/C16H11ClF5NO3/c1-7(15(24)25-2)26-13-4-9(11(18)5-10(13)17)14-12(19)3-8(6-23-14)16(20,21)22/h3-7H,1-2H3/t7-/m1/s1. The SMILES string of the molecule is COC(=O)[C@@H](C)Oc1cc(-c2ncc(C(F)(F)F)cc2F)c(F)cc1Cl. The third kappa shape index (κ3) is 4.21. The summed E-state index contributed by atoms with van der Waals surface area (Å²) in [5.41, 5.74) is -2.46. The normalized spacial score (nSPS) is 12.6. The first-order valence-corrected chi connectivity index (χ1v) is 7.39. The van der Waals surface area contributed by atoms with E-state index in [4.69, 9.17) is 16.3 Å². The summed E-state index contributed by atoms with van der Waals surface area (Å²) in [4.78, 5) is 14.7. The number of nitrogens with zero attached hydrogens (tertiary/aromatic N) is 1. The molecule has 0 unspecified atom stereocenters. The molecular formula is C16H11ClF5NO3. The Balaban J connectivity index is 2.47. The maximum absolute atomic E-state index is 14.1. The van der Waals surface area contributed by atoms with Crippen LogP contribution in [0.15, 0.2) is 24.4 Å². The third-order valence-electron chi connectivity index (χ3n) is 3.28. The molecule has 1 aromatic carbocycles. The van der Waals surface area contributed by atoms with Crippen LogP contribution in [0.4, 0.5) is 22.0 Å². The van der Waals surface area contributed by atoms with Crippen molar-refractivity contribution in [3.05, 3.63) is 46.6 Å². The van der Waals surface area contributed by atoms with Crippen LogP contribution < -0.4 is 4.74 Å². The van der Waals surface area contributed by atoms with Gasteiger partial charge in [-0.2, -0.15) is 13.2 Å². The molecule has 4 nitrogen and oxygen atoms in total. The van der Waals surface area contributed by atoms with Crippen molar-refractivity contribution < 1.29 is 36.2 Å². The minimum Gasteiger partial charge on any atom is -0.477 e. The molecule has 0 aliphatic heterocycles. The van der Waals surface area contributed by atoms with E-state index >= 15 is 0 Å². The molecule has 0 saturated heterocycles. The topological polar surface area (TPSA) is 48.4 Å². The highest BCUT2D eigenvalue weighted by Gasteiger charge is 2.32. The first kappa shape index (κ1) is 19.9. The van der Waals surface area contributed by atoms with Gasteiger partial charge in [0, 0.05) is 11.8 Å². The molecule has 10 heteroatoms. The van der Waals surface area contributed by atoms with Crippen LogP contribution in [0.5, 0.6) is 5.75 Å². The number of alkyl halides is 3. The fraction of sp³-hybridized carbons (Fsp3) is 0.250. The highest BCUT2D eigenvalue weighted by atomic mass is 35.5. The van der Waals surface area contributed by atoms with Gasteiger partial charge >= 0.3 is 12.1 Å². The van der Waals surface area contributed by atoms with Crippen molar-refractivity contribution in [2.45, 2.75) is 19.2 Å². The molecule has 26 heavy (non-hydrogen) atoms. The monoisotopic (exact) mass is 395 g/mol. The molecule has 0 N–H and O–H groups in total. The number of hydrogen-bond donors (Lipinski definition) is 0. The van der Waals surface area contributed by atoms with Crippen molar-refractivity contribution in [1.29, 1.82) is 0 Å². The largest absolute Gasteiger partial charge is 0.477 e. The maximum Gasteiger partial charge on any atom is 0.417 e. The number of hydrogen-bond acceptors (Lipinski definition) is 4. The van der Waals surface area contributed by atoms with Crippen LogP contribution in [0.25, 0.3) is 11.3 Å². The molecular weight excluding hydrogens is 385 g/mol. The van der Waals surface area contributed by atoms with Crippen LogP contribution in [0.3, 0.4) is 0 Å². The van der Waals surface area contributed by atoms with Crippen LogP contribution in [-0.4, -0.2) is 24.2 Å². The second-order valence-corrected chi connectivity index (χ2v) is 5.51. The number of benzene rings is 1. The summed E-state index contributed by atoms with van der Waals surface area (Å²) < 4.78 is 75.6. The zero-order chi connectivity index (χ0) is 19.6. The van der Waals surface area contributed by atoms with Crippen LogP contribution in [-0.2, 0) is 15.7 Å². The van der Waals surface area contributed by atoms with Gasteiger partial charge in [-0.1, -0.05) is 11.6 Å². The lowest BCUT2D eigenvalue weighted by Gasteiger charge is -2.15. The van der Waals surface area contributed by atoms with E-state index in [1.807, 2.05) is 0 Å². The summed E-state index contributed by atoms with van der Waals surface area (Å²) >= 11 is 5.83. The van der Waals surface area contributed by atoms with Gasteiger partial charge < -0.3 is 9.47 Å². The average Bonchev–Trinajstić information content (AvgIpc) is 2.55. The summed E-state index contributed by atoms with van der Waals surface area (Å²) in [6, 6.07) is 1.92. The molecule has 0 bridgehead atoms. The Bertz CT molecular complexity index is 841. The zero-order valence-corrected chi connectivity index (χ0v) is 14.1. The molecule has 140 valence electrons. The van der Waals surface area contributed by atoms with E-state index in [1.165, 1.54) is 6.92 Å². The van der Waals surface area contributed by atoms with Crippen molar-refractivity contribution in [3.8, 4) is 17.0 Å². The fourth-order valence-electron chi connectivity index (χ4n) is 2.00. The Kier molecular flexibility index (Phi) is 5.70. The molecule has 0 spiro atoms. The van der Waals surface area contributed by atoms with E-state index in [1.54, 1.807) is 0 Å². The van der Waals surface area contributed by atoms with Gasteiger partial charge in [-0.05, 0) is 25.1 Å². The Morgan fingerprint density at radius 1 is 1.19 bits per heavy atom. The van der Waals surface area contributed by atoms with Gasteiger partial charge in [0.2, 0.25) is 0 Å². The predicted molar refractivity (Wildman–Crippen MR) is 81.7 cm³/mol. The molecule has 0 radical (unpaired) electrons. The number of esters is 1. The van der Waals surface area contributed by atoms with E-state index in [2.05, 4.69) is 9.72 Å². The van der Waals surface area contributed by atoms with Crippen molar-refractivity contribution >= 4 is 17.6 Å². The van der Waals surface area contributed by atoms with Gasteiger partial charge in [-0.15, -0.1) is 0 Å². The lowest BCUT2D eigenvalue weighted by atomic mass is 10.1. The van der Waals surface area contributed by atoms with Gasteiger partial charge in [-0.3, -0.25) is 4.98 Å². The first-order chi connectivity index (χ1) is 12.0. The minimum atomic E-state index is -4.80. The Morgan fingerprint density at radius 3 is 2.38 bits per heavy atom. The molecule has 1 atom stereocenters. The molecule has 0 saturated carbocycles. The molecule has 1 heterocycles. The van der Waals surface area contributed by atoms with E-state index in [0.29, 0.717) is 6.20 Å².